The van der Waals surface area contributed by atoms with Gasteiger partial charge in [-0.05, 0) is 43.4 Å². The van der Waals surface area contributed by atoms with Gasteiger partial charge in [-0.15, -0.1) is 0 Å². The second-order valence-corrected chi connectivity index (χ2v) is 5.26. The smallest absolute Gasteiger partial charge is 0.269 e. The van der Waals surface area contributed by atoms with Crippen LogP contribution < -0.4 is 11.1 Å². The van der Waals surface area contributed by atoms with Crippen molar-refractivity contribution in [2.45, 2.75) is 25.7 Å². The summed E-state index contributed by atoms with van der Waals surface area (Å²) in [6.07, 6.45) is 5.37. The average Bonchev–Trinajstić information content (AvgIpc) is 3.20. The summed E-state index contributed by atoms with van der Waals surface area (Å²) in [5, 5.41) is 9.37. The second kappa shape index (κ2) is 4.05. The van der Waals surface area contributed by atoms with Crippen molar-refractivity contribution >= 4 is 11.7 Å². The van der Waals surface area contributed by atoms with Crippen molar-refractivity contribution < 1.29 is 4.79 Å². The molecule has 3 rings (SSSR count). The van der Waals surface area contributed by atoms with Gasteiger partial charge in [-0.25, -0.2) is 0 Å². The third-order valence-electron chi connectivity index (χ3n) is 3.80. The SMILES string of the molecule is Nc1cc(C(=O)NCC(C2CC2)C2CC2)[nH]n1. The van der Waals surface area contributed by atoms with Gasteiger partial charge in [0.25, 0.3) is 5.91 Å². The quantitative estimate of drug-likeness (QED) is 0.714. The third kappa shape index (κ3) is 2.43. The zero-order chi connectivity index (χ0) is 11.8. The molecule has 0 spiro atoms. The van der Waals surface area contributed by atoms with E-state index in [4.69, 9.17) is 5.73 Å². The molecule has 0 unspecified atom stereocenters. The van der Waals surface area contributed by atoms with Gasteiger partial charge in [0.2, 0.25) is 0 Å². The Labute approximate surface area is 100 Å². The number of aromatic nitrogens is 2. The number of H-pyrrole nitrogens is 1. The van der Waals surface area contributed by atoms with E-state index in [0.717, 1.165) is 18.4 Å². The highest BCUT2D eigenvalue weighted by Gasteiger charge is 2.41. The number of rotatable bonds is 5. The number of amides is 1. The van der Waals surface area contributed by atoms with Crippen LogP contribution in [0.4, 0.5) is 5.82 Å². The van der Waals surface area contributed by atoms with E-state index in [1.54, 1.807) is 6.07 Å². The van der Waals surface area contributed by atoms with E-state index in [2.05, 4.69) is 15.5 Å². The molecule has 5 heteroatoms. The fraction of sp³-hybridized carbons (Fsp3) is 0.667. The Balaban J connectivity index is 1.54. The Morgan fingerprint density at radius 3 is 2.59 bits per heavy atom. The first-order valence-corrected chi connectivity index (χ1v) is 6.33. The van der Waals surface area contributed by atoms with Gasteiger partial charge in [0.15, 0.2) is 0 Å². The van der Waals surface area contributed by atoms with Crippen LogP contribution in [0.15, 0.2) is 6.07 Å². The van der Waals surface area contributed by atoms with Crippen molar-refractivity contribution in [1.29, 1.82) is 0 Å². The Morgan fingerprint density at radius 2 is 2.12 bits per heavy atom. The molecular weight excluding hydrogens is 216 g/mol. The maximum atomic E-state index is 11.8. The van der Waals surface area contributed by atoms with Gasteiger partial charge in [-0.3, -0.25) is 9.89 Å². The van der Waals surface area contributed by atoms with Gasteiger partial charge < -0.3 is 11.1 Å². The summed E-state index contributed by atoms with van der Waals surface area (Å²) in [7, 11) is 0. The summed E-state index contributed by atoms with van der Waals surface area (Å²) < 4.78 is 0. The molecular formula is C12H18N4O. The number of nitrogen functional groups attached to an aromatic ring is 1. The number of aromatic amines is 1. The highest BCUT2D eigenvalue weighted by atomic mass is 16.1. The zero-order valence-electron chi connectivity index (χ0n) is 9.78. The number of nitrogens with one attached hydrogen (secondary N) is 2. The largest absolute Gasteiger partial charge is 0.382 e. The molecule has 0 radical (unpaired) electrons. The van der Waals surface area contributed by atoms with Gasteiger partial charge in [-0.1, -0.05) is 0 Å². The lowest BCUT2D eigenvalue weighted by Crippen LogP contribution is -2.31. The first-order valence-electron chi connectivity index (χ1n) is 6.33. The molecule has 17 heavy (non-hydrogen) atoms. The maximum absolute atomic E-state index is 11.8. The van der Waals surface area contributed by atoms with E-state index >= 15 is 0 Å². The Kier molecular flexibility index (Phi) is 2.53. The molecule has 0 atom stereocenters. The molecule has 0 aliphatic heterocycles. The Hall–Kier alpha value is -1.52. The van der Waals surface area contributed by atoms with E-state index in [1.807, 2.05) is 0 Å². The standard InChI is InChI=1S/C12H18N4O/c13-11-5-10(15-16-11)12(17)14-6-9(7-1-2-7)8-3-4-8/h5,7-9H,1-4,6H2,(H,14,17)(H3,13,15,16). The number of carbonyl (C=O) groups excluding carboxylic acids is 1. The van der Waals surface area contributed by atoms with Crippen molar-refractivity contribution in [3.63, 3.8) is 0 Å². The minimum Gasteiger partial charge on any atom is -0.382 e. The highest BCUT2D eigenvalue weighted by Crippen LogP contribution is 2.48. The van der Waals surface area contributed by atoms with Gasteiger partial charge in [0.1, 0.15) is 11.5 Å². The van der Waals surface area contributed by atoms with Crippen molar-refractivity contribution in [3.05, 3.63) is 11.8 Å². The Bertz CT molecular complexity index is 408. The van der Waals surface area contributed by atoms with Crippen LogP contribution in [0.3, 0.4) is 0 Å². The van der Waals surface area contributed by atoms with Crippen molar-refractivity contribution in [3.8, 4) is 0 Å². The minimum absolute atomic E-state index is 0.0968. The molecule has 2 aliphatic rings. The number of carbonyl (C=O) groups is 1. The first kappa shape index (κ1) is 10.6. The number of nitrogens with zero attached hydrogens (tertiary/aromatic N) is 1. The van der Waals surface area contributed by atoms with Crippen LogP contribution in [0.5, 0.6) is 0 Å². The van der Waals surface area contributed by atoms with Gasteiger partial charge in [0, 0.05) is 12.6 Å². The fourth-order valence-electron chi connectivity index (χ4n) is 2.53. The molecule has 0 aromatic carbocycles. The molecule has 4 N–H and O–H groups in total. The molecule has 1 aromatic heterocycles. The Morgan fingerprint density at radius 1 is 1.47 bits per heavy atom. The summed E-state index contributed by atoms with van der Waals surface area (Å²) in [6, 6.07) is 1.57. The normalized spacial score (nSPS) is 19.6. The molecule has 2 saturated carbocycles. The zero-order valence-corrected chi connectivity index (χ0v) is 9.78. The topological polar surface area (TPSA) is 83.8 Å². The van der Waals surface area contributed by atoms with E-state index in [-0.39, 0.29) is 5.91 Å². The number of nitrogens with two attached hydrogens (primary N) is 1. The van der Waals surface area contributed by atoms with Crippen molar-refractivity contribution in [2.24, 2.45) is 17.8 Å². The summed E-state index contributed by atoms with van der Waals surface area (Å²) in [4.78, 5) is 11.8. The molecule has 0 bridgehead atoms. The predicted octanol–water partition coefficient (Wildman–Crippen LogP) is 1.16. The molecule has 92 valence electrons. The molecule has 1 amide bonds. The van der Waals surface area contributed by atoms with E-state index in [9.17, 15) is 4.79 Å². The molecule has 1 aromatic rings. The second-order valence-electron chi connectivity index (χ2n) is 5.26. The van der Waals surface area contributed by atoms with Crippen LogP contribution in [-0.2, 0) is 0 Å². The lowest BCUT2D eigenvalue weighted by Gasteiger charge is -2.15. The molecule has 2 aliphatic carbocycles. The van der Waals surface area contributed by atoms with Crippen LogP contribution in [-0.4, -0.2) is 22.6 Å². The monoisotopic (exact) mass is 234 g/mol. The summed E-state index contributed by atoms with van der Waals surface area (Å²) in [6.45, 7) is 0.799. The van der Waals surface area contributed by atoms with E-state index in [1.165, 1.54) is 25.7 Å². The highest BCUT2D eigenvalue weighted by molar-refractivity contribution is 5.92. The van der Waals surface area contributed by atoms with Gasteiger partial charge in [-0.2, -0.15) is 5.10 Å². The molecule has 5 nitrogen and oxygen atoms in total. The third-order valence-corrected chi connectivity index (χ3v) is 3.80. The lowest BCUT2D eigenvalue weighted by molar-refractivity contribution is 0.0938. The summed E-state index contributed by atoms with van der Waals surface area (Å²) >= 11 is 0. The van der Waals surface area contributed by atoms with Crippen LogP contribution in [0.2, 0.25) is 0 Å². The maximum Gasteiger partial charge on any atom is 0.269 e. The van der Waals surface area contributed by atoms with Gasteiger partial charge >= 0.3 is 0 Å². The number of hydrogen-bond acceptors (Lipinski definition) is 3. The average molecular weight is 234 g/mol. The first-order chi connectivity index (χ1) is 8.24. The number of hydrogen-bond donors (Lipinski definition) is 3. The lowest BCUT2D eigenvalue weighted by atomic mass is 9.98. The molecule has 2 fully saturated rings. The minimum atomic E-state index is -0.0968. The van der Waals surface area contributed by atoms with Crippen molar-refractivity contribution in [2.75, 3.05) is 12.3 Å². The fourth-order valence-corrected chi connectivity index (χ4v) is 2.53. The van der Waals surface area contributed by atoms with Gasteiger partial charge in [0.05, 0.1) is 0 Å². The van der Waals surface area contributed by atoms with Crippen molar-refractivity contribution in [1.82, 2.24) is 15.5 Å². The molecule has 0 saturated heterocycles. The van der Waals surface area contributed by atoms with Crippen LogP contribution in [0.1, 0.15) is 36.2 Å². The van der Waals surface area contributed by atoms with E-state index in [0.29, 0.717) is 17.4 Å². The summed E-state index contributed by atoms with van der Waals surface area (Å²) in [5.74, 6) is 2.67. The predicted molar refractivity (Wildman–Crippen MR) is 64.3 cm³/mol. The van der Waals surface area contributed by atoms with Crippen LogP contribution in [0, 0.1) is 17.8 Å². The van der Waals surface area contributed by atoms with E-state index < -0.39 is 0 Å². The molecule has 1 heterocycles. The van der Waals surface area contributed by atoms with Crippen LogP contribution >= 0.6 is 0 Å². The number of anilines is 1. The summed E-state index contributed by atoms with van der Waals surface area (Å²) in [5.41, 5.74) is 5.92. The van der Waals surface area contributed by atoms with Crippen LogP contribution in [0.25, 0.3) is 0 Å².